The number of anilines is 1. The van der Waals surface area contributed by atoms with Crippen LogP contribution in [0.3, 0.4) is 0 Å². The van der Waals surface area contributed by atoms with Gasteiger partial charge < -0.3 is 24.8 Å². The molecule has 0 spiro atoms. The number of ether oxygens (including phenoxy) is 2. The number of nitrogens with zero attached hydrogens (tertiary/aromatic N) is 6. The third-order valence-electron chi connectivity index (χ3n) is 9.76. The van der Waals surface area contributed by atoms with Crippen LogP contribution in [0.25, 0.3) is 33.1 Å². The summed E-state index contributed by atoms with van der Waals surface area (Å²) < 4.78 is 43.1. The number of alkyl halides is 1. The van der Waals surface area contributed by atoms with Gasteiger partial charge in [-0.25, -0.2) is 13.6 Å². The average Bonchev–Trinajstić information content (AvgIpc) is 3.72. The number of piperidine rings is 1. The zero-order valence-electron chi connectivity index (χ0n) is 24.9. The van der Waals surface area contributed by atoms with Gasteiger partial charge in [0.05, 0.1) is 41.4 Å². The lowest BCUT2D eigenvalue weighted by atomic mass is 9.95. The molecule has 4 aromatic rings. The number of amides is 1. The minimum absolute atomic E-state index is 0.0146. The van der Waals surface area contributed by atoms with Crippen LogP contribution in [0.2, 0.25) is 5.02 Å². The van der Waals surface area contributed by atoms with Gasteiger partial charge in [-0.1, -0.05) is 11.6 Å². The molecule has 5 aliphatic heterocycles. The number of alkyl carbamates (subject to hydrolysis) is 1. The summed E-state index contributed by atoms with van der Waals surface area (Å²) in [5.41, 5.74) is 1.26. The molecular weight excluding hydrogens is 622 g/mol. The molecule has 6 bridgehead atoms. The number of aliphatic hydroxyl groups is 1. The lowest BCUT2D eigenvalue weighted by Crippen LogP contribution is -2.53. The molecule has 4 atom stereocenters. The van der Waals surface area contributed by atoms with Gasteiger partial charge in [-0.05, 0) is 50.3 Å². The normalized spacial score (nSPS) is 26.8. The van der Waals surface area contributed by atoms with E-state index in [0.717, 1.165) is 19.4 Å². The van der Waals surface area contributed by atoms with Gasteiger partial charge in [0.1, 0.15) is 29.8 Å². The number of benzene rings is 1. The van der Waals surface area contributed by atoms with Crippen LogP contribution in [0.1, 0.15) is 37.7 Å². The Morgan fingerprint density at radius 3 is 2.98 bits per heavy atom. The molecule has 12 nitrogen and oxygen atoms in total. The first kappa shape index (κ1) is 29.5. The summed E-state index contributed by atoms with van der Waals surface area (Å²) in [6, 6.07) is 1.20. The molecule has 1 aromatic carbocycles. The van der Waals surface area contributed by atoms with Crippen molar-refractivity contribution in [3.8, 4) is 17.3 Å². The summed E-state index contributed by atoms with van der Waals surface area (Å²) in [5, 5.41) is 22.1. The highest BCUT2D eigenvalue weighted by Crippen LogP contribution is 2.42. The zero-order chi connectivity index (χ0) is 31.6. The minimum atomic E-state index is -0.937. The maximum atomic E-state index is 16.9. The van der Waals surface area contributed by atoms with Crippen molar-refractivity contribution in [1.82, 2.24) is 35.4 Å². The Hall–Kier alpha value is -3.88. The maximum absolute atomic E-state index is 16.9. The van der Waals surface area contributed by atoms with E-state index in [-0.39, 0.29) is 43.5 Å². The quantitative estimate of drug-likeness (QED) is 0.298. The van der Waals surface area contributed by atoms with Gasteiger partial charge in [0, 0.05) is 48.2 Å². The molecule has 3 saturated heterocycles. The fourth-order valence-electron chi connectivity index (χ4n) is 7.74. The summed E-state index contributed by atoms with van der Waals surface area (Å²) >= 11 is 6.75. The van der Waals surface area contributed by atoms with Gasteiger partial charge in [-0.15, -0.1) is 0 Å². The highest BCUT2D eigenvalue weighted by atomic mass is 35.5. The highest BCUT2D eigenvalue weighted by molar-refractivity contribution is 6.33. The molecule has 0 aliphatic carbocycles. The molecule has 3 N–H and O–H groups in total. The Bertz CT molecular complexity index is 1840. The van der Waals surface area contributed by atoms with Crippen LogP contribution < -0.4 is 15.0 Å². The molecule has 0 radical (unpaired) electrons. The van der Waals surface area contributed by atoms with Crippen LogP contribution in [0.4, 0.5) is 19.4 Å². The van der Waals surface area contributed by atoms with Crippen molar-refractivity contribution in [2.45, 2.75) is 62.4 Å². The van der Waals surface area contributed by atoms with Crippen molar-refractivity contribution >= 4 is 45.3 Å². The molecule has 46 heavy (non-hydrogen) atoms. The second kappa shape index (κ2) is 11.4. The fraction of sp³-hybridized carbons (Fsp3) is 0.516. The van der Waals surface area contributed by atoms with Gasteiger partial charge in [-0.2, -0.15) is 15.1 Å². The van der Waals surface area contributed by atoms with Gasteiger partial charge in [0.15, 0.2) is 5.82 Å². The van der Waals surface area contributed by atoms with E-state index in [0.29, 0.717) is 70.5 Å². The van der Waals surface area contributed by atoms with E-state index >= 15 is 4.39 Å². The molecule has 3 fully saturated rings. The van der Waals surface area contributed by atoms with Gasteiger partial charge >= 0.3 is 12.1 Å². The standard InChI is InChI=1S/C31H33ClF2N8O4/c32-22-8-23-20(11-36-40-23)24-19(22)3-1-6-45-30(44)37-17-7-18(43)14-41(13-17)28-21-10-35-27(24)25(34)26(21)38-29(39-28)46-15-31-4-2-5-42(31)12-16(33)9-31/h8,10-11,16-18,43H,1-7,9,12-15H2,(H,36,40)(H,37,44)/t16-,17?,18+,31+/m1/s1. The number of aromatic nitrogens is 5. The summed E-state index contributed by atoms with van der Waals surface area (Å²) in [5.74, 6) is -0.382. The fourth-order valence-corrected chi connectivity index (χ4v) is 8.04. The topological polar surface area (TPSA) is 142 Å². The van der Waals surface area contributed by atoms with E-state index in [2.05, 4.69) is 30.4 Å². The molecule has 1 amide bonds. The Kier molecular flexibility index (Phi) is 7.33. The SMILES string of the molecule is O=C1NC2C[C@H](O)CN(C2)c2nc(OC[C@@]34CCCN3C[C@H](F)C4)nc3c(F)c(ncc23)-c2c(c(Cl)cc3[nH]ncc23)CCCO1. The third kappa shape index (κ3) is 5.06. The highest BCUT2D eigenvalue weighted by Gasteiger charge is 2.49. The van der Waals surface area contributed by atoms with Crippen LogP contribution in [0.5, 0.6) is 6.01 Å². The van der Waals surface area contributed by atoms with Crippen molar-refractivity contribution in [2.24, 2.45) is 0 Å². The Labute approximate surface area is 267 Å². The first-order chi connectivity index (χ1) is 22.3. The molecule has 242 valence electrons. The molecule has 3 aromatic heterocycles. The number of carbonyl (C=O) groups excluding carboxylic acids is 1. The van der Waals surface area contributed by atoms with Gasteiger partial charge in [-0.3, -0.25) is 15.0 Å². The number of halogens is 3. The Morgan fingerprint density at radius 1 is 1.20 bits per heavy atom. The summed E-state index contributed by atoms with van der Waals surface area (Å²) in [6.07, 6.45) is 3.96. The van der Waals surface area contributed by atoms with Gasteiger partial charge in [0.2, 0.25) is 0 Å². The second-order valence-corrected chi connectivity index (χ2v) is 13.2. The van der Waals surface area contributed by atoms with Crippen molar-refractivity contribution in [3.63, 3.8) is 0 Å². The van der Waals surface area contributed by atoms with E-state index in [4.69, 9.17) is 26.1 Å². The Morgan fingerprint density at radius 2 is 2.09 bits per heavy atom. The molecule has 15 heteroatoms. The van der Waals surface area contributed by atoms with Crippen LogP contribution in [0.15, 0.2) is 18.5 Å². The molecular formula is C31H33ClF2N8O4. The first-order valence-electron chi connectivity index (χ1n) is 15.7. The largest absolute Gasteiger partial charge is 0.461 e. The van der Waals surface area contributed by atoms with Crippen LogP contribution in [-0.4, -0.2) is 104 Å². The second-order valence-electron chi connectivity index (χ2n) is 12.8. The monoisotopic (exact) mass is 654 g/mol. The van der Waals surface area contributed by atoms with Crippen molar-refractivity contribution in [3.05, 3.63) is 34.9 Å². The lowest BCUT2D eigenvalue weighted by molar-refractivity contribution is 0.107. The predicted molar refractivity (Wildman–Crippen MR) is 165 cm³/mol. The van der Waals surface area contributed by atoms with Crippen LogP contribution in [0, 0.1) is 5.82 Å². The summed E-state index contributed by atoms with van der Waals surface area (Å²) in [6.45, 7) is 1.87. The Balaban J connectivity index is 1.30. The zero-order valence-corrected chi connectivity index (χ0v) is 25.7. The summed E-state index contributed by atoms with van der Waals surface area (Å²) in [4.78, 5) is 30.5. The number of H-pyrrole nitrogens is 1. The molecule has 1 unspecified atom stereocenters. The van der Waals surface area contributed by atoms with E-state index in [1.807, 2.05) is 0 Å². The van der Waals surface area contributed by atoms with Gasteiger partial charge in [0.25, 0.3) is 0 Å². The van der Waals surface area contributed by atoms with Crippen molar-refractivity contribution in [1.29, 1.82) is 0 Å². The van der Waals surface area contributed by atoms with E-state index in [9.17, 15) is 14.3 Å². The number of hydrogen-bond acceptors (Lipinski definition) is 10. The number of aliphatic hydroxyl groups excluding tert-OH is 1. The number of hydrogen-bond donors (Lipinski definition) is 3. The lowest BCUT2D eigenvalue weighted by Gasteiger charge is -2.37. The number of rotatable bonds is 3. The number of aromatic amines is 1. The number of pyridine rings is 1. The average molecular weight is 655 g/mol. The van der Waals surface area contributed by atoms with E-state index in [1.165, 1.54) is 6.20 Å². The minimum Gasteiger partial charge on any atom is -0.461 e. The van der Waals surface area contributed by atoms with Crippen molar-refractivity contribution in [2.75, 3.05) is 44.3 Å². The number of fused-ring (bicyclic) bond motifs is 8. The molecule has 8 heterocycles. The molecule has 5 aliphatic rings. The van der Waals surface area contributed by atoms with Crippen LogP contribution >= 0.6 is 11.6 Å². The molecule has 9 rings (SSSR count). The van der Waals surface area contributed by atoms with E-state index < -0.39 is 35.8 Å². The number of nitrogens with one attached hydrogen (secondary N) is 2. The number of carbonyl (C=O) groups is 1. The maximum Gasteiger partial charge on any atom is 0.407 e. The molecule has 0 saturated carbocycles. The third-order valence-corrected chi connectivity index (χ3v) is 10.1. The smallest absolute Gasteiger partial charge is 0.407 e. The van der Waals surface area contributed by atoms with Crippen molar-refractivity contribution < 1.29 is 28.2 Å². The predicted octanol–water partition coefficient (Wildman–Crippen LogP) is 3.93. The summed E-state index contributed by atoms with van der Waals surface area (Å²) in [7, 11) is 0. The van der Waals surface area contributed by atoms with E-state index in [1.54, 1.807) is 17.2 Å². The van der Waals surface area contributed by atoms with Crippen LogP contribution in [-0.2, 0) is 11.2 Å². The first-order valence-corrected chi connectivity index (χ1v) is 16.0.